The molecule has 3 rings (SSSR count). The first-order chi connectivity index (χ1) is 10.2. The Balaban J connectivity index is 1.70. The Labute approximate surface area is 123 Å². The van der Waals surface area contributed by atoms with Crippen LogP contribution >= 0.6 is 0 Å². The fourth-order valence-corrected chi connectivity index (χ4v) is 2.74. The molecule has 1 aromatic carbocycles. The number of ether oxygens (including phenoxy) is 1. The van der Waals surface area contributed by atoms with Crippen molar-refractivity contribution in [3.05, 3.63) is 41.6 Å². The second-order valence-corrected chi connectivity index (χ2v) is 5.13. The van der Waals surface area contributed by atoms with Crippen LogP contribution in [0.15, 0.2) is 36.0 Å². The van der Waals surface area contributed by atoms with Crippen LogP contribution in [0.4, 0.5) is 5.69 Å². The summed E-state index contributed by atoms with van der Waals surface area (Å²) in [6.45, 7) is 4.45. The third-order valence-electron chi connectivity index (χ3n) is 3.85. The average Bonchev–Trinajstić information content (AvgIpc) is 2.88. The number of carbonyl (C=O) groups is 2. The monoisotopic (exact) mass is 286 g/mol. The van der Waals surface area contributed by atoms with Crippen LogP contribution in [0.1, 0.15) is 23.7 Å². The number of benzene rings is 1. The van der Waals surface area contributed by atoms with Gasteiger partial charge in [0.1, 0.15) is 0 Å². The largest absolute Gasteiger partial charge is 0.462 e. The molecule has 0 aromatic heterocycles. The van der Waals surface area contributed by atoms with E-state index in [2.05, 4.69) is 4.90 Å². The Bertz CT molecular complexity index is 592. The molecule has 5 heteroatoms. The molecule has 0 radical (unpaired) electrons. The van der Waals surface area contributed by atoms with Gasteiger partial charge in [0.15, 0.2) is 0 Å². The molecule has 1 amide bonds. The Morgan fingerprint density at radius 3 is 2.71 bits per heavy atom. The fraction of sp³-hybridized carbons (Fsp3) is 0.375. The van der Waals surface area contributed by atoms with Crippen LogP contribution in [-0.4, -0.2) is 43.0 Å². The van der Waals surface area contributed by atoms with Crippen LogP contribution in [0.5, 0.6) is 0 Å². The van der Waals surface area contributed by atoms with E-state index in [9.17, 15) is 9.59 Å². The maximum absolute atomic E-state index is 11.6. The van der Waals surface area contributed by atoms with Crippen LogP contribution in [0.2, 0.25) is 0 Å². The maximum Gasteiger partial charge on any atom is 0.338 e. The highest BCUT2D eigenvalue weighted by Crippen LogP contribution is 2.25. The van der Waals surface area contributed by atoms with Gasteiger partial charge in [-0.1, -0.05) is 6.08 Å². The lowest BCUT2D eigenvalue weighted by Crippen LogP contribution is -2.44. The molecular formula is C16H18N2O3. The summed E-state index contributed by atoms with van der Waals surface area (Å²) in [7, 11) is 0. The fourth-order valence-electron chi connectivity index (χ4n) is 2.74. The van der Waals surface area contributed by atoms with E-state index in [0.717, 1.165) is 31.0 Å². The van der Waals surface area contributed by atoms with E-state index in [4.69, 9.17) is 4.74 Å². The molecule has 0 bridgehead atoms. The van der Waals surface area contributed by atoms with Crippen molar-refractivity contribution in [2.45, 2.75) is 13.3 Å². The van der Waals surface area contributed by atoms with Gasteiger partial charge in [-0.15, -0.1) is 0 Å². The van der Waals surface area contributed by atoms with Gasteiger partial charge in [-0.05, 0) is 31.2 Å². The topological polar surface area (TPSA) is 49.9 Å². The van der Waals surface area contributed by atoms with E-state index in [1.807, 2.05) is 23.1 Å². The number of esters is 1. The molecule has 0 saturated carbocycles. The zero-order valence-electron chi connectivity index (χ0n) is 12.0. The summed E-state index contributed by atoms with van der Waals surface area (Å²) in [5.41, 5.74) is 2.71. The molecule has 0 spiro atoms. The number of anilines is 1. The number of fused-ring (bicyclic) bond motifs is 1. The number of piperazine rings is 1. The lowest BCUT2D eigenvalue weighted by Gasteiger charge is -2.35. The van der Waals surface area contributed by atoms with Gasteiger partial charge < -0.3 is 14.5 Å². The van der Waals surface area contributed by atoms with Gasteiger partial charge in [-0.25, -0.2) is 4.79 Å². The average molecular weight is 286 g/mol. The third kappa shape index (κ3) is 2.63. The highest BCUT2D eigenvalue weighted by Gasteiger charge is 2.29. The third-order valence-corrected chi connectivity index (χ3v) is 3.85. The SMILES string of the molecule is CCOC(=O)c1ccc(N2CCN3C(=O)CC=C3C2)cc1. The van der Waals surface area contributed by atoms with Gasteiger partial charge in [0.05, 0.1) is 18.7 Å². The van der Waals surface area contributed by atoms with Crippen LogP contribution in [0.25, 0.3) is 0 Å². The maximum atomic E-state index is 11.6. The van der Waals surface area contributed by atoms with Gasteiger partial charge in [-0.2, -0.15) is 0 Å². The highest BCUT2D eigenvalue weighted by atomic mass is 16.5. The van der Waals surface area contributed by atoms with Crippen molar-refractivity contribution in [3.8, 4) is 0 Å². The number of rotatable bonds is 3. The predicted molar refractivity (Wildman–Crippen MR) is 79.0 cm³/mol. The number of amides is 1. The van der Waals surface area contributed by atoms with Gasteiger partial charge in [0.25, 0.3) is 0 Å². The summed E-state index contributed by atoms with van der Waals surface area (Å²) in [5.74, 6) is -0.0970. The van der Waals surface area contributed by atoms with E-state index in [-0.39, 0.29) is 11.9 Å². The molecule has 0 unspecified atom stereocenters. The molecule has 1 aromatic rings. The second kappa shape index (κ2) is 5.60. The van der Waals surface area contributed by atoms with E-state index in [1.54, 1.807) is 19.1 Å². The summed E-state index contributed by atoms with van der Waals surface area (Å²) < 4.78 is 4.98. The summed E-state index contributed by atoms with van der Waals surface area (Å²) in [5, 5.41) is 0. The van der Waals surface area contributed by atoms with Crippen molar-refractivity contribution in [2.24, 2.45) is 0 Å². The number of hydrogen-bond acceptors (Lipinski definition) is 4. The molecule has 2 aliphatic rings. The number of nitrogens with zero attached hydrogens (tertiary/aromatic N) is 2. The first-order valence-electron chi connectivity index (χ1n) is 7.20. The van der Waals surface area contributed by atoms with Crippen LogP contribution in [-0.2, 0) is 9.53 Å². The molecule has 1 saturated heterocycles. The molecule has 21 heavy (non-hydrogen) atoms. The van der Waals surface area contributed by atoms with Gasteiger partial charge >= 0.3 is 5.97 Å². The van der Waals surface area contributed by atoms with Gasteiger partial charge in [0.2, 0.25) is 5.91 Å². The molecular weight excluding hydrogens is 268 g/mol. The standard InChI is InChI=1S/C16H18N2O3/c1-2-21-16(20)12-3-5-13(6-4-12)17-9-10-18-14(11-17)7-8-15(18)19/h3-7H,2,8-11H2,1H3. The lowest BCUT2D eigenvalue weighted by atomic mass is 10.1. The molecule has 0 N–H and O–H groups in total. The minimum absolute atomic E-state index is 0.197. The Morgan fingerprint density at radius 1 is 1.24 bits per heavy atom. The quantitative estimate of drug-likeness (QED) is 0.795. The zero-order chi connectivity index (χ0) is 14.8. The molecule has 1 fully saturated rings. The van der Waals surface area contributed by atoms with Crippen molar-refractivity contribution in [1.82, 2.24) is 4.90 Å². The molecule has 2 aliphatic heterocycles. The van der Waals surface area contributed by atoms with Crippen molar-refractivity contribution in [2.75, 3.05) is 31.1 Å². The highest BCUT2D eigenvalue weighted by molar-refractivity contribution is 5.89. The van der Waals surface area contributed by atoms with Gasteiger partial charge in [-0.3, -0.25) is 4.79 Å². The van der Waals surface area contributed by atoms with E-state index in [0.29, 0.717) is 18.6 Å². The first-order valence-corrected chi connectivity index (χ1v) is 7.20. The number of hydrogen-bond donors (Lipinski definition) is 0. The normalized spacial score (nSPS) is 17.6. The molecule has 0 aliphatic carbocycles. The Morgan fingerprint density at radius 2 is 2.00 bits per heavy atom. The second-order valence-electron chi connectivity index (χ2n) is 5.13. The Kier molecular flexibility index (Phi) is 3.64. The molecule has 0 atom stereocenters. The predicted octanol–water partition coefficient (Wildman–Crippen LogP) is 1.80. The summed E-state index contributed by atoms with van der Waals surface area (Å²) in [4.78, 5) is 27.3. The van der Waals surface area contributed by atoms with E-state index in [1.165, 1.54) is 0 Å². The minimum atomic E-state index is -0.294. The van der Waals surface area contributed by atoms with Crippen molar-refractivity contribution in [1.29, 1.82) is 0 Å². The van der Waals surface area contributed by atoms with E-state index < -0.39 is 0 Å². The molecule has 110 valence electrons. The molecule has 2 heterocycles. The number of carbonyl (C=O) groups excluding carboxylic acids is 2. The minimum Gasteiger partial charge on any atom is -0.462 e. The Hall–Kier alpha value is -2.30. The summed E-state index contributed by atoms with van der Waals surface area (Å²) in [6, 6.07) is 7.43. The van der Waals surface area contributed by atoms with Crippen LogP contribution in [0.3, 0.4) is 0 Å². The first kappa shape index (κ1) is 13.7. The van der Waals surface area contributed by atoms with Crippen molar-refractivity contribution in [3.63, 3.8) is 0 Å². The van der Waals surface area contributed by atoms with E-state index >= 15 is 0 Å². The van der Waals surface area contributed by atoms with Gasteiger partial charge in [0, 0.05) is 30.9 Å². The zero-order valence-corrected chi connectivity index (χ0v) is 12.0. The van der Waals surface area contributed by atoms with Crippen molar-refractivity contribution < 1.29 is 14.3 Å². The smallest absolute Gasteiger partial charge is 0.338 e. The summed E-state index contributed by atoms with van der Waals surface area (Å²) in [6.07, 6.45) is 2.52. The van der Waals surface area contributed by atoms with Crippen molar-refractivity contribution >= 4 is 17.6 Å². The molecule has 5 nitrogen and oxygen atoms in total. The lowest BCUT2D eigenvalue weighted by molar-refractivity contribution is -0.127. The van der Waals surface area contributed by atoms with Crippen LogP contribution in [0, 0.1) is 0 Å². The summed E-state index contributed by atoms with van der Waals surface area (Å²) >= 11 is 0. The van der Waals surface area contributed by atoms with Crippen LogP contribution < -0.4 is 4.90 Å².